The number of hydrogen-bond acceptors (Lipinski definition) is 8. The molecule has 2 rings (SSSR count). The van der Waals surface area contributed by atoms with Crippen LogP contribution in [0.4, 0.5) is 0 Å². The topological polar surface area (TPSA) is 131 Å². The zero-order valence-corrected chi connectivity index (χ0v) is 13.9. The van der Waals surface area contributed by atoms with Crippen molar-refractivity contribution in [2.45, 2.75) is 43.9 Å². The smallest absolute Gasteiger partial charge is 0.222 e. The summed E-state index contributed by atoms with van der Waals surface area (Å²) in [5.41, 5.74) is 0.764. The molecule has 4 N–H and O–H groups in total. The fourth-order valence-corrected chi connectivity index (χ4v) is 2.57. The predicted octanol–water partition coefficient (Wildman–Crippen LogP) is -2.36. The highest BCUT2D eigenvalue weighted by molar-refractivity contribution is 5.76. The summed E-state index contributed by atoms with van der Waals surface area (Å²) < 4.78 is 12.0. The Labute approximate surface area is 140 Å². The van der Waals surface area contributed by atoms with Gasteiger partial charge in [0.2, 0.25) is 5.91 Å². The maximum absolute atomic E-state index is 11.8. The molecule has 1 aliphatic heterocycles. The molecule has 4 atom stereocenters. The molecule has 1 aromatic rings. The molecule has 0 unspecified atom stereocenters. The van der Waals surface area contributed by atoms with Gasteiger partial charge in [-0.2, -0.15) is 0 Å². The van der Waals surface area contributed by atoms with Crippen LogP contribution in [0.25, 0.3) is 0 Å². The highest BCUT2D eigenvalue weighted by Crippen LogP contribution is 2.24. The minimum atomic E-state index is -1.12. The Bertz CT molecular complexity index is 525. The fraction of sp³-hybridized carbons (Fsp3) is 0.786. The van der Waals surface area contributed by atoms with Crippen molar-refractivity contribution in [3.8, 4) is 0 Å². The Kier molecular flexibility index (Phi) is 7.06. The molecule has 1 fully saturated rings. The molecule has 0 spiro atoms. The van der Waals surface area contributed by atoms with Crippen molar-refractivity contribution in [2.24, 2.45) is 0 Å². The first kappa shape index (κ1) is 18.7. The van der Waals surface area contributed by atoms with Crippen molar-refractivity contribution >= 4 is 5.91 Å². The normalized spacial score (nSPS) is 26.7. The minimum absolute atomic E-state index is 0.0270. The standard InChI is InChI=1S/C14H25N5O5/c1-15-6-9-7-19(18-17-9)8-11-14(22)13(21)10(24-11)5-12(20)16-3-4-23-2/h7,10-11,13-15,21-22H,3-6,8H2,1-2H3,(H,16,20)/t10-,11+,13-,14+/m0/s1. The summed E-state index contributed by atoms with van der Waals surface area (Å²) in [5.74, 6) is -0.263. The molecule has 1 aliphatic rings. The lowest BCUT2D eigenvalue weighted by molar-refractivity contribution is -0.125. The number of nitrogens with one attached hydrogen (secondary N) is 2. The van der Waals surface area contributed by atoms with E-state index in [0.717, 1.165) is 5.69 Å². The number of ether oxygens (including phenoxy) is 2. The molecule has 10 heteroatoms. The van der Waals surface area contributed by atoms with Crippen LogP contribution >= 0.6 is 0 Å². The van der Waals surface area contributed by atoms with E-state index in [9.17, 15) is 15.0 Å². The number of methoxy groups -OCH3 is 1. The lowest BCUT2D eigenvalue weighted by Gasteiger charge is -2.14. The van der Waals surface area contributed by atoms with Crippen LogP contribution in [-0.4, -0.2) is 82.8 Å². The number of carbonyl (C=O) groups excluding carboxylic acids is 1. The van der Waals surface area contributed by atoms with Crippen molar-refractivity contribution in [1.82, 2.24) is 25.6 Å². The molecule has 2 heterocycles. The van der Waals surface area contributed by atoms with E-state index in [1.165, 1.54) is 0 Å². The molecule has 1 aromatic heterocycles. The Morgan fingerprint density at radius 2 is 2.17 bits per heavy atom. The van der Waals surface area contributed by atoms with Crippen LogP contribution < -0.4 is 10.6 Å². The van der Waals surface area contributed by atoms with E-state index in [-0.39, 0.29) is 18.9 Å². The lowest BCUT2D eigenvalue weighted by atomic mass is 10.1. The number of rotatable bonds is 9. The number of aromatic nitrogens is 3. The summed E-state index contributed by atoms with van der Waals surface area (Å²) in [7, 11) is 3.35. The van der Waals surface area contributed by atoms with Crippen LogP contribution in [0.3, 0.4) is 0 Å². The first-order valence-electron chi connectivity index (χ1n) is 7.86. The van der Waals surface area contributed by atoms with Crippen LogP contribution in [0.5, 0.6) is 0 Å². The zero-order chi connectivity index (χ0) is 17.5. The Balaban J connectivity index is 1.85. The lowest BCUT2D eigenvalue weighted by Crippen LogP contribution is -2.37. The minimum Gasteiger partial charge on any atom is -0.388 e. The maximum atomic E-state index is 11.8. The van der Waals surface area contributed by atoms with Crippen LogP contribution in [-0.2, 0) is 27.4 Å². The van der Waals surface area contributed by atoms with Crippen molar-refractivity contribution in [3.63, 3.8) is 0 Å². The Morgan fingerprint density at radius 1 is 1.42 bits per heavy atom. The van der Waals surface area contributed by atoms with Gasteiger partial charge in [-0.15, -0.1) is 5.10 Å². The second-order valence-electron chi connectivity index (χ2n) is 5.70. The molecule has 0 aromatic carbocycles. The third-order valence-electron chi connectivity index (χ3n) is 3.79. The van der Waals surface area contributed by atoms with Gasteiger partial charge in [-0.1, -0.05) is 5.21 Å². The molecule has 10 nitrogen and oxygen atoms in total. The van der Waals surface area contributed by atoms with Gasteiger partial charge in [0.25, 0.3) is 0 Å². The zero-order valence-electron chi connectivity index (χ0n) is 13.9. The van der Waals surface area contributed by atoms with E-state index >= 15 is 0 Å². The highest BCUT2D eigenvalue weighted by atomic mass is 16.5. The third-order valence-corrected chi connectivity index (χ3v) is 3.79. The molecule has 0 radical (unpaired) electrons. The molecule has 1 saturated heterocycles. The van der Waals surface area contributed by atoms with E-state index in [4.69, 9.17) is 9.47 Å². The van der Waals surface area contributed by atoms with Crippen LogP contribution in [0.2, 0.25) is 0 Å². The van der Waals surface area contributed by atoms with Gasteiger partial charge in [0, 0.05) is 26.4 Å². The molecular formula is C14H25N5O5. The number of aliphatic hydroxyl groups is 2. The second-order valence-corrected chi connectivity index (χ2v) is 5.70. The summed E-state index contributed by atoms with van der Waals surface area (Å²) in [6, 6.07) is 0. The summed E-state index contributed by atoms with van der Waals surface area (Å²) in [6.07, 6.45) is -1.90. The van der Waals surface area contributed by atoms with Crippen molar-refractivity contribution < 1.29 is 24.5 Å². The average Bonchev–Trinajstić information content (AvgIpc) is 3.09. The molecule has 1 amide bonds. The van der Waals surface area contributed by atoms with E-state index in [1.54, 1.807) is 18.0 Å². The van der Waals surface area contributed by atoms with Gasteiger partial charge in [0.1, 0.15) is 18.3 Å². The molecule has 0 aliphatic carbocycles. The molecule has 136 valence electrons. The van der Waals surface area contributed by atoms with E-state index in [0.29, 0.717) is 19.7 Å². The summed E-state index contributed by atoms with van der Waals surface area (Å²) in [6.45, 7) is 1.63. The summed E-state index contributed by atoms with van der Waals surface area (Å²) in [5, 5.41) is 33.8. The maximum Gasteiger partial charge on any atom is 0.222 e. The number of aliphatic hydroxyl groups excluding tert-OH is 2. The summed E-state index contributed by atoms with van der Waals surface area (Å²) in [4.78, 5) is 11.8. The first-order valence-corrected chi connectivity index (χ1v) is 7.86. The highest BCUT2D eigenvalue weighted by Gasteiger charge is 2.43. The van der Waals surface area contributed by atoms with Crippen LogP contribution in [0.15, 0.2) is 6.20 Å². The number of hydrogen-bond donors (Lipinski definition) is 4. The van der Waals surface area contributed by atoms with Gasteiger partial charge in [-0.25, -0.2) is 4.68 Å². The van der Waals surface area contributed by atoms with Crippen molar-refractivity contribution in [1.29, 1.82) is 0 Å². The SMILES string of the molecule is CNCc1cn(C[C@H]2O[C@@H](CC(=O)NCCOC)[C@H](O)[C@@H]2O)nn1. The van der Waals surface area contributed by atoms with E-state index in [1.807, 2.05) is 7.05 Å². The number of amides is 1. The van der Waals surface area contributed by atoms with Gasteiger partial charge in [-0.05, 0) is 7.05 Å². The molecule has 0 bridgehead atoms. The largest absolute Gasteiger partial charge is 0.388 e. The Morgan fingerprint density at radius 3 is 2.88 bits per heavy atom. The van der Waals surface area contributed by atoms with Crippen LogP contribution in [0.1, 0.15) is 12.1 Å². The quantitative estimate of drug-likeness (QED) is 0.366. The summed E-state index contributed by atoms with van der Waals surface area (Å²) >= 11 is 0. The third kappa shape index (κ3) is 4.95. The van der Waals surface area contributed by atoms with Gasteiger partial charge >= 0.3 is 0 Å². The van der Waals surface area contributed by atoms with Gasteiger partial charge in [-0.3, -0.25) is 4.79 Å². The van der Waals surface area contributed by atoms with Gasteiger partial charge in [0.05, 0.1) is 31.4 Å². The van der Waals surface area contributed by atoms with Crippen molar-refractivity contribution in [2.75, 3.05) is 27.3 Å². The Hall–Kier alpha value is -1.59. The fourth-order valence-electron chi connectivity index (χ4n) is 2.57. The second kappa shape index (κ2) is 9.04. The molecule has 24 heavy (non-hydrogen) atoms. The number of nitrogens with zero attached hydrogens (tertiary/aromatic N) is 3. The van der Waals surface area contributed by atoms with Crippen LogP contribution in [0, 0.1) is 0 Å². The molecule has 0 saturated carbocycles. The first-order chi connectivity index (χ1) is 11.5. The average molecular weight is 343 g/mol. The van der Waals surface area contributed by atoms with Gasteiger partial charge < -0.3 is 30.3 Å². The number of carbonyl (C=O) groups is 1. The monoisotopic (exact) mass is 343 g/mol. The van der Waals surface area contributed by atoms with E-state index < -0.39 is 24.4 Å². The van der Waals surface area contributed by atoms with E-state index in [2.05, 4.69) is 20.9 Å². The van der Waals surface area contributed by atoms with Crippen molar-refractivity contribution in [3.05, 3.63) is 11.9 Å². The predicted molar refractivity (Wildman–Crippen MR) is 83.0 cm³/mol. The molecular weight excluding hydrogens is 318 g/mol. The van der Waals surface area contributed by atoms with Gasteiger partial charge in [0.15, 0.2) is 0 Å².